The summed E-state index contributed by atoms with van der Waals surface area (Å²) in [6, 6.07) is 7.56. The molecule has 128 valence electrons. The van der Waals surface area contributed by atoms with Crippen LogP contribution in [-0.4, -0.2) is 18.3 Å². The Hall–Kier alpha value is -1.10. The third-order valence-electron chi connectivity index (χ3n) is 2.95. The van der Waals surface area contributed by atoms with Gasteiger partial charge >= 0.3 is 0 Å². The fraction of sp³-hybridized carbons (Fsp3) is 0.667. The molecule has 0 aromatic heterocycles. The van der Waals surface area contributed by atoms with Crippen LogP contribution in [0.3, 0.4) is 0 Å². The summed E-state index contributed by atoms with van der Waals surface area (Å²) in [5, 5.41) is 13.4. The lowest BCUT2D eigenvalue weighted by atomic mass is 9.72. The van der Waals surface area contributed by atoms with Gasteiger partial charge in [0.05, 0.1) is 13.2 Å². The normalized spacial score (nSPS) is 11.8. The first kappa shape index (κ1) is 20.9. The molecule has 0 unspecified atom stereocenters. The van der Waals surface area contributed by atoms with Crippen molar-refractivity contribution in [3.05, 3.63) is 29.8 Å². The maximum Gasteiger partial charge on any atom is 0.115 e. The van der Waals surface area contributed by atoms with Gasteiger partial charge in [-0.2, -0.15) is 0 Å². The highest BCUT2D eigenvalue weighted by atomic mass is 17.5. The SMILES string of the molecule is CC(C)(C)CC(C)(C)c1ccc(O)cc1.CCOOOCC. The zero-order valence-electron chi connectivity index (χ0n) is 15.1. The highest BCUT2D eigenvalue weighted by Gasteiger charge is 2.26. The average Bonchev–Trinajstić information content (AvgIpc) is 2.38. The molecule has 4 heteroatoms. The Morgan fingerprint density at radius 1 is 0.864 bits per heavy atom. The Labute approximate surface area is 135 Å². The number of hydrogen-bond acceptors (Lipinski definition) is 4. The lowest BCUT2D eigenvalue weighted by Gasteiger charge is -2.33. The Balaban J connectivity index is 0.000000534. The summed E-state index contributed by atoms with van der Waals surface area (Å²) in [7, 11) is 0. The van der Waals surface area contributed by atoms with E-state index in [1.54, 1.807) is 12.1 Å². The van der Waals surface area contributed by atoms with Crippen molar-refractivity contribution in [3.8, 4) is 5.75 Å². The molecular weight excluding hydrogens is 280 g/mol. The molecule has 1 rings (SSSR count). The number of hydrogen-bond donors (Lipinski definition) is 1. The van der Waals surface area contributed by atoms with Crippen LogP contribution in [0.4, 0.5) is 0 Å². The zero-order chi connectivity index (χ0) is 17.2. The molecule has 0 atom stereocenters. The van der Waals surface area contributed by atoms with Crippen LogP contribution in [0.25, 0.3) is 0 Å². The molecule has 0 saturated heterocycles. The van der Waals surface area contributed by atoms with E-state index in [0.717, 1.165) is 6.42 Å². The Morgan fingerprint density at radius 2 is 1.32 bits per heavy atom. The molecule has 0 aliphatic rings. The molecule has 0 aliphatic heterocycles. The fourth-order valence-electron chi connectivity index (χ4n) is 2.47. The van der Waals surface area contributed by atoms with Crippen molar-refractivity contribution in [1.29, 1.82) is 0 Å². The van der Waals surface area contributed by atoms with Crippen LogP contribution in [0.2, 0.25) is 0 Å². The second kappa shape index (κ2) is 9.82. The van der Waals surface area contributed by atoms with Crippen LogP contribution < -0.4 is 0 Å². The monoisotopic (exact) mass is 312 g/mol. The summed E-state index contributed by atoms with van der Waals surface area (Å²) in [5.74, 6) is 0.338. The summed E-state index contributed by atoms with van der Waals surface area (Å²) in [4.78, 5) is 8.70. The number of phenolic OH excluding ortho intramolecular Hbond substituents is 1. The predicted octanol–water partition coefficient (Wildman–Crippen LogP) is 5.01. The Bertz CT molecular complexity index is 387. The summed E-state index contributed by atoms with van der Waals surface area (Å²) in [6.07, 6.45) is 1.13. The van der Waals surface area contributed by atoms with Gasteiger partial charge in [0.15, 0.2) is 0 Å². The molecule has 4 nitrogen and oxygen atoms in total. The zero-order valence-corrected chi connectivity index (χ0v) is 15.1. The number of aromatic hydroxyl groups is 1. The standard InChI is InChI=1S/C14H22O.C4H10O3/c1-13(2,3)10-14(4,5)11-6-8-12(15)9-7-11;1-3-5-7-6-4-2/h6-9,15H,10H2,1-5H3;3-4H2,1-2H3. The summed E-state index contributed by atoms with van der Waals surface area (Å²) < 4.78 is 0. The third-order valence-corrected chi connectivity index (χ3v) is 2.95. The van der Waals surface area contributed by atoms with E-state index < -0.39 is 0 Å². The second-order valence-corrected chi connectivity index (χ2v) is 7.05. The molecule has 22 heavy (non-hydrogen) atoms. The van der Waals surface area contributed by atoms with Gasteiger partial charge in [0.1, 0.15) is 5.75 Å². The first-order valence-electron chi connectivity index (χ1n) is 7.83. The molecule has 0 spiro atoms. The number of rotatable bonds is 6. The van der Waals surface area contributed by atoms with E-state index in [0.29, 0.717) is 24.4 Å². The van der Waals surface area contributed by atoms with Gasteiger partial charge in [-0.3, -0.25) is 0 Å². The lowest BCUT2D eigenvalue weighted by Crippen LogP contribution is -2.24. The van der Waals surface area contributed by atoms with Crippen molar-refractivity contribution in [1.82, 2.24) is 0 Å². The van der Waals surface area contributed by atoms with Crippen LogP contribution in [0, 0.1) is 5.41 Å². The summed E-state index contributed by atoms with van der Waals surface area (Å²) >= 11 is 0. The lowest BCUT2D eigenvalue weighted by molar-refractivity contribution is -0.509. The Morgan fingerprint density at radius 3 is 1.68 bits per heavy atom. The van der Waals surface area contributed by atoms with E-state index in [-0.39, 0.29) is 5.41 Å². The molecule has 0 amide bonds. The fourth-order valence-corrected chi connectivity index (χ4v) is 2.47. The van der Waals surface area contributed by atoms with Crippen molar-refractivity contribution in [2.75, 3.05) is 13.2 Å². The van der Waals surface area contributed by atoms with Crippen LogP contribution in [-0.2, 0) is 20.2 Å². The molecule has 0 fully saturated rings. The van der Waals surface area contributed by atoms with Gasteiger partial charge in [-0.15, -0.1) is 0 Å². The minimum absolute atomic E-state index is 0.159. The predicted molar refractivity (Wildman–Crippen MR) is 89.5 cm³/mol. The first-order valence-corrected chi connectivity index (χ1v) is 7.83. The van der Waals surface area contributed by atoms with Gasteiger partial charge in [0.2, 0.25) is 0 Å². The maximum absolute atomic E-state index is 9.25. The largest absolute Gasteiger partial charge is 0.508 e. The number of phenols is 1. The van der Waals surface area contributed by atoms with E-state index in [2.05, 4.69) is 49.4 Å². The van der Waals surface area contributed by atoms with E-state index in [1.807, 2.05) is 26.0 Å². The number of benzene rings is 1. The molecule has 0 radical (unpaired) electrons. The molecule has 1 N–H and O–H groups in total. The Kier molecular flexibility index (Phi) is 9.33. The highest BCUT2D eigenvalue weighted by Crippen LogP contribution is 2.36. The van der Waals surface area contributed by atoms with Crippen LogP contribution in [0.15, 0.2) is 24.3 Å². The van der Waals surface area contributed by atoms with Gasteiger partial charge in [-0.05, 0) is 48.8 Å². The molecule has 0 bridgehead atoms. The van der Waals surface area contributed by atoms with E-state index in [1.165, 1.54) is 5.56 Å². The quantitative estimate of drug-likeness (QED) is 0.455. The third kappa shape index (κ3) is 9.77. The second-order valence-electron chi connectivity index (χ2n) is 7.05. The van der Waals surface area contributed by atoms with E-state index in [4.69, 9.17) is 0 Å². The van der Waals surface area contributed by atoms with Crippen LogP contribution in [0.1, 0.15) is 60.5 Å². The van der Waals surface area contributed by atoms with Gasteiger partial charge in [-0.1, -0.05) is 51.8 Å². The molecular formula is C18H32O4. The van der Waals surface area contributed by atoms with Crippen molar-refractivity contribution in [2.24, 2.45) is 5.41 Å². The minimum atomic E-state index is 0.159. The van der Waals surface area contributed by atoms with Gasteiger partial charge in [0.25, 0.3) is 0 Å². The van der Waals surface area contributed by atoms with E-state index in [9.17, 15) is 5.11 Å². The first-order chi connectivity index (χ1) is 10.1. The molecule has 0 aliphatic carbocycles. The summed E-state index contributed by atoms with van der Waals surface area (Å²) in [6.45, 7) is 16.0. The molecule has 0 heterocycles. The molecule has 1 aromatic carbocycles. The van der Waals surface area contributed by atoms with Gasteiger partial charge in [-0.25, -0.2) is 9.78 Å². The molecule has 0 saturated carbocycles. The van der Waals surface area contributed by atoms with Gasteiger partial charge in [0, 0.05) is 0 Å². The van der Waals surface area contributed by atoms with Crippen molar-refractivity contribution >= 4 is 0 Å². The van der Waals surface area contributed by atoms with Crippen LogP contribution >= 0.6 is 0 Å². The maximum atomic E-state index is 9.25. The topological polar surface area (TPSA) is 47.9 Å². The minimum Gasteiger partial charge on any atom is -0.508 e. The van der Waals surface area contributed by atoms with Crippen molar-refractivity contribution < 1.29 is 19.9 Å². The summed E-state index contributed by atoms with van der Waals surface area (Å²) in [5.41, 5.74) is 1.77. The van der Waals surface area contributed by atoms with Crippen molar-refractivity contribution in [2.45, 2.75) is 60.3 Å². The smallest absolute Gasteiger partial charge is 0.115 e. The highest BCUT2D eigenvalue weighted by molar-refractivity contribution is 5.30. The van der Waals surface area contributed by atoms with E-state index >= 15 is 0 Å². The van der Waals surface area contributed by atoms with Crippen LogP contribution in [0.5, 0.6) is 5.75 Å². The molecule has 1 aromatic rings. The van der Waals surface area contributed by atoms with Crippen molar-refractivity contribution in [3.63, 3.8) is 0 Å². The average molecular weight is 312 g/mol. The van der Waals surface area contributed by atoms with Gasteiger partial charge < -0.3 is 5.11 Å².